The molecule has 0 atom stereocenters. The number of nitrogens with two attached hydrogens (primary N) is 1. The minimum absolute atomic E-state index is 0.150. The van der Waals surface area contributed by atoms with Crippen LogP contribution in [0.15, 0.2) is 59.7 Å². The molecule has 32 heavy (non-hydrogen) atoms. The Labute approximate surface area is 193 Å². The Morgan fingerprint density at radius 1 is 1.00 bits per heavy atom. The second-order valence-electron chi connectivity index (χ2n) is 4.65. The number of amides is 1. The van der Waals surface area contributed by atoms with E-state index in [4.69, 9.17) is 15.9 Å². The lowest BCUT2D eigenvalue weighted by Gasteiger charge is -2.02. The number of nitrogens with one attached hydrogen (secondary N) is 1. The highest BCUT2D eigenvalue weighted by Gasteiger charge is 2.11. The number of aliphatic imine (C=N–C) groups is 1. The fourth-order valence-corrected chi connectivity index (χ4v) is 1.79. The van der Waals surface area contributed by atoms with Gasteiger partial charge in [0.1, 0.15) is 11.6 Å². The maximum atomic E-state index is 13.4. The molecule has 0 aliphatic rings. The Kier molecular flexibility index (Phi) is 23.2. The van der Waals surface area contributed by atoms with Crippen molar-refractivity contribution < 1.29 is 13.9 Å². The fourth-order valence-electron chi connectivity index (χ4n) is 1.79. The number of pyridine rings is 1. The summed E-state index contributed by atoms with van der Waals surface area (Å²) in [6, 6.07) is 9.36. The fraction of sp³-hybridized carbons (Fsp3) is 0.360. The summed E-state index contributed by atoms with van der Waals surface area (Å²) in [6.45, 7) is 16.0. The number of amidine groups is 1. The molecule has 1 aromatic carbocycles. The Morgan fingerprint density at radius 2 is 1.53 bits per heavy atom. The Bertz CT molecular complexity index is 817. The van der Waals surface area contributed by atoms with Crippen LogP contribution in [0.25, 0.3) is 0 Å². The predicted molar refractivity (Wildman–Crippen MR) is 135 cm³/mol. The summed E-state index contributed by atoms with van der Waals surface area (Å²) in [7, 11) is 1.55. The first-order valence-electron chi connectivity index (χ1n) is 10.9. The molecule has 0 saturated carbocycles. The number of methoxy groups -OCH3 is 1. The molecule has 0 saturated heterocycles. The number of hydrogen-bond donors (Lipinski definition) is 2. The van der Waals surface area contributed by atoms with Crippen LogP contribution in [0, 0.1) is 11.2 Å². The molecule has 0 bridgehead atoms. The molecule has 6 nitrogen and oxygen atoms in total. The number of aromatic nitrogens is 1. The van der Waals surface area contributed by atoms with Gasteiger partial charge in [-0.15, -0.1) is 0 Å². The highest BCUT2D eigenvalue weighted by Crippen LogP contribution is 2.12. The predicted octanol–water partition coefficient (Wildman–Crippen LogP) is 6.46. The number of hydrogen-bond acceptors (Lipinski definition) is 4. The van der Waals surface area contributed by atoms with Gasteiger partial charge in [-0.1, -0.05) is 55.4 Å². The molecule has 2 rings (SSSR count). The van der Waals surface area contributed by atoms with Crippen molar-refractivity contribution in [2.45, 2.75) is 55.4 Å². The number of nitrogens with zero attached hydrogens (tertiary/aromatic N) is 2. The monoisotopic (exact) mass is 446 g/mol. The van der Waals surface area contributed by atoms with E-state index in [-0.39, 0.29) is 11.5 Å². The average molecular weight is 447 g/mol. The average Bonchev–Trinajstić information content (AvgIpc) is 2.87. The third-order valence-corrected chi connectivity index (χ3v) is 3.01. The molecule has 0 radical (unpaired) electrons. The largest absolute Gasteiger partial charge is 0.497 e. The van der Waals surface area contributed by atoms with Gasteiger partial charge in [0.05, 0.1) is 12.8 Å². The highest BCUT2D eigenvalue weighted by molar-refractivity contribution is 6.12. The first-order valence-corrected chi connectivity index (χ1v) is 10.9. The number of benzene rings is 1. The molecule has 0 aliphatic heterocycles. The van der Waals surface area contributed by atoms with Crippen molar-refractivity contribution in [2.24, 2.45) is 10.7 Å². The first kappa shape index (κ1) is 33.3. The van der Waals surface area contributed by atoms with Gasteiger partial charge in [-0.3, -0.25) is 4.79 Å². The first-order chi connectivity index (χ1) is 15.5. The van der Waals surface area contributed by atoms with Crippen LogP contribution in [0.4, 0.5) is 4.39 Å². The van der Waals surface area contributed by atoms with Crippen LogP contribution in [0.5, 0.6) is 5.75 Å². The molecular weight excluding hydrogens is 407 g/mol. The summed E-state index contributed by atoms with van der Waals surface area (Å²) < 4.78 is 18.5. The molecule has 0 spiro atoms. The van der Waals surface area contributed by atoms with Crippen molar-refractivity contribution in [1.29, 1.82) is 5.41 Å². The van der Waals surface area contributed by atoms with Gasteiger partial charge < -0.3 is 15.9 Å². The van der Waals surface area contributed by atoms with Crippen molar-refractivity contribution in [3.05, 3.63) is 71.8 Å². The quantitative estimate of drug-likeness (QED) is 0.407. The van der Waals surface area contributed by atoms with Crippen molar-refractivity contribution in [3.63, 3.8) is 0 Å². The lowest BCUT2D eigenvalue weighted by atomic mass is 10.1. The minimum atomic E-state index is -0.883. The smallest absolute Gasteiger partial charge is 0.300 e. The number of rotatable bonds is 5. The number of halogens is 1. The van der Waals surface area contributed by atoms with Gasteiger partial charge in [-0.25, -0.2) is 9.37 Å². The SMILES string of the molecule is CC.CC.CC.CC.COc1ccc(C(=N)/C=C\C(N)=NC(=O)c2ncccc2F)cc1. The molecule has 1 aromatic heterocycles. The minimum Gasteiger partial charge on any atom is -0.497 e. The van der Waals surface area contributed by atoms with Crippen LogP contribution in [-0.4, -0.2) is 29.5 Å². The van der Waals surface area contributed by atoms with Crippen molar-refractivity contribution in [2.75, 3.05) is 7.11 Å². The molecule has 0 aliphatic carbocycles. The third-order valence-electron chi connectivity index (χ3n) is 3.01. The molecule has 0 unspecified atom stereocenters. The normalized spacial score (nSPS) is 9.38. The standard InChI is InChI=1S/C17H15FN4O2.4C2H6/c1-24-12-6-4-11(5-7-12)14(19)8-9-15(20)22-17(23)16-13(18)3-2-10-21-16;4*1-2/h2-10,19H,1H3,(H2,20,22,23);4*1-2H3/b9-8-,19-14?;;;;. The summed E-state index contributed by atoms with van der Waals surface area (Å²) in [6.07, 6.45) is 3.98. The summed E-state index contributed by atoms with van der Waals surface area (Å²) >= 11 is 0. The summed E-state index contributed by atoms with van der Waals surface area (Å²) in [5.41, 5.74) is 6.02. The van der Waals surface area contributed by atoms with Gasteiger partial charge in [0, 0.05) is 6.20 Å². The maximum absolute atomic E-state index is 13.4. The molecule has 1 heterocycles. The second kappa shape index (κ2) is 22.3. The molecule has 178 valence electrons. The topological polar surface area (TPSA) is 101 Å². The zero-order chi connectivity index (χ0) is 25.5. The van der Waals surface area contributed by atoms with Crippen molar-refractivity contribution >= 4 is 17.5 Å². The van der Waals surface area contributed by atoms with Gasteiger partial charge in [0.15, 0.2) is 11.5 Å². The van der Waals surface area contributed by atoms with Gasteiger partial charge in [0.25, 0.3) is 0 Å². The molecule has 3 N–H and O–H groups in total. The Morgan fingerprint density at radius 3 is 2.00 bits per heavy atom. The van der Waals surface area contributed by atoms with Gasteiger partial charge in [-0.2, -0.15) is 4.99 Å². The lowest BCUT2D eigenvalue weighted by molar-refractivity contribution is 0.0994. The van der Waals surface area contributed by atoms with E-state index in [9.17, 15) is 9.18 Å². The Hall–Kier alpha value is -3.35. The summed E-state index contributed by atoms with van der Waals surface area (Å²) in [5.74, 6) is -1.12. The molecule has 1 amide bonds. The van der Waals surface area contributed by atoms with E-state index < -0.39 is 17.4 Å². The van der Waals surface area contributed by atoms with Gasteiger partial charge >= 0.3 is 5.91 Å². The highest BCUT2D eigenvalue weighted by atomic mass is 19.1. The van der Waals surface area contributed by atoms with Crippen molar-refractivity contribution in [1.82, 2.24) is 4.98 Å². The number of carbonyl (C=O) groups excluding carboxylic acids is 1. The molecule has 7 heteroatoms. The van der Waals surface area contributed by atoms with Crippen LogP contribution in [0.2, 0.25) is 0 Å². The zero-order valence-corrected chi connectivity index (χ0v) is 20.9. The second-order valence-corrected chi connectivity index (χ2v) is 4.65. The summed E-state index contributed by atoms with van der Waals surface area (Å²) in [5, 5.41) is 7.94. The van der Waals surface area contributed by atoms with E-state index in [0.29, 0.717) is 11.3 Å². The van der Waals surface area contributed by atoms with Gasteiger partial charge in [0.2, 0.25) is 0 Å². The van der Waals surface area contributed by atoms with Crippen LogP contribution >= 0.6 is 0 Å². The number of allylic oxidation sites excluding steroid dienone is 1. The number of carbonyl (C=O) groups is 1. The molecular formula is C25H39FN4O2. The van der Waals surface area contributed by atoms with Crippen LogP contribution in [0.3, 0.4) is 0 Å². The Balaban J connectivity index is -0.000000945. The van der Waals surface area contributed by atoms with Crippen LogP contribution < -0.4 is 10.5 Å². The maximum Gasteiger partial charge on any atom is 0.300 e. The zero-order valence-electron chi connectivity index (χ0n) is 20.9. The molecule has 0 fully saturated rings. The van der Waals surface area contributed by atoms with E-state index in [1.807, 2.05) is 55.4 Å². The third kappa shape index (κ3) is 13.1. The summed E-state index contributed by atoms with van der Waals surface area (Å²) in [4.78, 5) is 19.0. The van der Waals surface area contributed by atoms with E-state index in [0.717, 1.165) is 6.07 Å². The lowest BCUT2D eigenvalue weighted by Crippen LogP contribution is -2.13. The van der Waals surface area contributed by atoms with E-state index in [2.05, 4.69) is 9.98 Å². The van der Waals surface area contributed by atoms with E-state index in [1.54, 1.807) is 31.4 Å². The van der Waals surface area contributed by atoms with Gasteiger partial charge in [-0.05, 0) is 54.1 Å². The van der Waals surface area contributed by atoms with Crippen molar-refractivity contribution in [3.8, 4) is 5.75 Å². The number of ether oxygens (including phenoxy) is 1. The van der Waals surface area contributed by atoms with E-state index >= 15 is 0 Å². The van der Waals surface area contributed by atoms with Crippen LogP contribution in [0.1, 0.15) is 71.4 Å². The van der Waals surface area contributed by atoms with Crippen LogP contribution in [-0.2, 0) is 0 Å². The van der Waals surface area contributed by atoms with E-state index in [1.165, 1.54) is 24.4 Å². The molecule has 2 aromatic rings.